The quantitative estimate of drug-likeness (QED) is 0.635. The Morgan fingerprint density at radius 2 is 1.56 bits per heavy atom. The predicted molar refractivity (Wildman–Crippen MR) is 69.5 cm³/mol. The SMILES string of the molecule is CC(C)[C@H](C(=O)Br)N1C(=O)c2ccccc2C1=O. The van der Waals surface area contributed by atoms with Gasteiger partial charge in [0.2, 0.25) is 4.69 Å². The van der Waals surface area contributed by atoms with E-state index in [-0.39, 0.29) is 10.6 Å². The third kappa shape index (κ3) is 1.88. The van der Waals surface area contributed by atoms with Crippen LogP contribution >= 0.6 is 15.9 Å². The van der Waals surface area contributed by atoms with Crippen molar-refractivity contribution < 1.29 is 14.4 Å². The first-order chi connectivity index (χ1) is 8.45. The molecule has 1 heterocycles. The Balaban J connectivity index is 2.47. The van der Waals surface area contributed by atoms with Gasteiger partial charge in [-0.25, -0.2) is 0 Å². The summed E-state index contributed by atoms with van der Waals surface area (Å²) in [5.74, 6) is -0.941. The number of hydrogen-bond acceptors (Lipinski definition) is 3. The molecule has 18 heavy (non-hydrogen) atoms. The molecule has 2 rings (SSSR count). The van der Waals surface area contributed by atoms with Gasteiger partial charge in [0.1, 0.15) is 6.04 Å². The molecule has 0 spiro atoms. The van der Waals surface area contributed by atoms with Gasteiger partial charge in [0, 0.05) is 0 Å². The number of benzene rings is 1. The zero-order valence-electron chi connectivity index (χ0n) is 10.0. The van der Waals surface area contributed by atoms with Crippen LogP contribution in [0.2, 0.25) is 0 Å². The zero-order valence-corrected chi connectivity index (χ0v) is 11.6. The topological polar surface area (TPSA) is 54.5 Å². The second-order valence-corrected chi connectivity index (χ2v) is 5.30. The Morgan fingerprint density at radius 3 is 1.89 bits per heavy atom. The molecule has 1 aliphatic heterocycles. The summed E-state index contributed by atoms with van der Waals surface area (Å²) in [6.07, 6.45) is 0. The van der Waals surface area contributed by atoms with Gasteiger partial charge in [0.05, 0.1) is 11.1 Å². The molecule has 94 valence electrons. The molecule has 0 aromatic heterocycles. The van der Waals surface area contributed by atoms with Crippen molar-refractivity contribution in [3.63, 3.8) is 0 Å². The van der Waals surface area contributed by atoms with E-state index in [2.05, 4.69) is 15.9 Å². The number of fused-ring (bicyclic) bond motifs is 1. The van der Waals surface area contributed by atoms with Crippen molar-refractivity contribution in [3.8, 4) is 0 Å². The molecule has 0 saturated carbocycles. The van der Waals surface area contributed by atoms with Crippen LogP contribution in [0.1, 0.15) is 34.6 Å². The molecule has 1 aromatic rings. The molecule has 0 radical (unpaired) electrons. The highest BCUT2D eigenvalue weighted by molar-refractivity contribution is 9.18. The third-order valence-electron chi connectivity index (χ3n) is 2.97. The summed E-state index contributed by atoms with van der Waals surface area (Å²) in [7, 11) is 0. The molecular formula is C13H12BrNO3. The summed E-state index contributed by atoms with van der Waals surface area (Å²) in [5.41, 5.74) is 0.726. The molecule has 0 aliphatic carbocycles. The molecule has 0 N–H and O–H groups in total. The Kier molecular flexibility index (Phi) is 3.34. The normalized spacial score (nSPS) is 16.1. The van der Waals surface area contributed by atoms with Crippen LogP contribution < -0.4 is 0 Å². The van der Waals surface area contributed by atoms with Crippen molar-refractivity contribution in [1.29, 1.82) is 0 Å². The number of rotatable bonds is 3. The van der Waals surface area contributed by atoms with Crippen LogP contribution in [0.5, 0.6) is 0 Å². The Morgan fingerprint density at radius 1 is 1.11 bits per heavy atom. The van der Waals surface area contributed by atoms with Gasteiger partial charge in [0.25, 0.3) is 11.8 Å². The molecule has 1 atom stereocenters. The lowest BCUT2D eigenvalue weighted by Gasteiger charge is -2.26. The van der Waals surface area contributed by atoms with Gasteiger partial charge in [-0.1, -0.05) is 26.0 Å². The number of nitrogens with zero attached hydrogens (tertiary/aromatic N) is 1. The lowest BCUT2D eigenvalue weighted by atomic mass is 10.0. The minimum Gasteiger partial charge on any atom is -0.284 e. The average Bonchev–Trinajstić information content (AvgIpc) is 2.55. The van der Waals surface area contributed by atoms with Gasteiger partial charge in [0.15, 0.2) is 0 Å². The lowest BCUT2D eigenvalue weighted by molar-refractivity contribution is -0.114. The molecule has 2 amide bonds. The van der Waals surface area contributed by atoms with E-state index in [9.17, 15) is 14.4 Å². The lowest BCUT2D eigenvalue weighted by Crippen LogP contribution is -2.46. The maximum atomic E-state index is 12.2. The van der Waals surface area contributed by atoms with E-state index in [0.29, 0.717) is 11.1 Å². The van der Waals surface area contributed by atoms with Gasteiger partial charge in [-0.05, 0) is 34.0 Å². The summed E-state index contributed by atoms with van der Waals surface area (Å²) >= 11 is 2.87. The van der Waals surface area contributed by atoms with E-state index in [1.807, 2.05) is 0 Å². The molecular weight excluding hydrogens is 298 g/mol. The minimum absolute atomic E-state index is 0.140. The smallest absolute Gasteiger partial charge is 0.262 e. The van der Waals surface area contributed by atoms with Crippen molar-refractivity contribution in [1.82, 2.24) is 4.90 Å². The van der Waals surface area contributed by atoms with Crippen LogP contribution in [0.3, 0.4) is 0 Å². The van der Waals surface area contributed by atoms with Crippen molar-refractivity contribution in [2.24, 2.45) is 5.92 Å². The highest BCUT2D eigenvalue weighted by atomic mass is 79.9. The van der Waals surface area contributed by atoms with E-state index >= 15 is 0 Å². The fourth-order valence-electron chi connectivity index (χ4n) is 2.12. The van der Waals surface area contributed by atoms with Crippen molar-refractivity contribution in [2.45, 2.75) is 19.9 Å². The molecule has 0 bridgehead atoms. The van der Waals surface area contributed by atoms with Crippen LogP contribution in [0.15, 0.2) is 24.3 Å². The first-order valence-corrected chi connectivity index (χ1v) is 6.40. The van der Waals surface area contributed by atoms with Gasteiger partial charge in [-0.2, -0.15) is 0 Å². The van der Waals surface area contributed by atoms with E-state index < -0.39 is 17.9 Å². The average molecular weight is 310 g/mol. The molecule has 4 nitrogen and oxygen atoms in total. The van der Waals surface area contributed by atoms with E-state index in [4.69, 9.17) is 0 Å². The fourth-order valence-corrected chi connectivity index (χ4v) is 2.86. The number of amides is 2. The maximum Gasteiger partial charge on any atom is 0.262 e. The first-order valence-electron chi connectivity index (χ1n) is 5.61. The van der Waals surface area contributed by atoms with Crippen LogP contribution in [0.25, 0.3) is 0 Å². The molecule has 0 saturated heterocycles. The monoisotopic (exact) mass is 309 g/mol. The van der Waals surface area contributed by atoms with Gasteiger partial charge < -0.3 is 0 Å². The van der Waals surface area contributed by atoms with Crippen LogP contribution in [0, 0.1) is 5.92 Å². The van der Waals surface area contributed by atoms with Crippen molar-refractivity contribution in [3.05, 3.63) is 35.4 Å². The van der Waals surface area contributed by atoms with Crippen LogP contribution in [-0.2, 0) is 4.79 Å². The summed E-state index contributed by atoms with van der Waals surface area (Å²) in [4.78, 5) is 37.0. The maximum absolute atomic E-state index is 12.2. The second kappa shape index (κ2) is 4.65. The van der Waals surface area contributed by atoms with Crippen molar-refractivity contribution >= 4 is 32.4 Å². The zero-order chi connectivity index (χ0) is 13.4. The molecule has 0 unspecified atom stereocenters. The van der Waals surface area contributed by atoms with Crippen LogP contribution in [0.4, 0.5) is 0 Å². The number of hydrogen-bond donors (Lipinski definition) is 0. The van der Waals surface area contributed by atoms with Gasteiger partial charge in [-0.3, -0.25) is 19.3 Å². The Bertz CT molecular complexity index is 504. The highest BCUT2D eigenvalue weighted by Crippen LogP contribution is 2.28. The van der Waals surface area contributed by atoms with E-state index in [1.54, 1.807) is 38.1 Å². The molecule has 1 aromatic carbocycles. The van der Waals surface area contributed by atoms with E-state index in [0.717, 1.165) is 4.90 Å². The number of halogens is 1. The summed E-state index contributed by atoms with van der Waals surface area (Å²) in [6.45, 7) is 3.60. The third-order valence-corrected chi connectivity index (χ3v) is 3.44. The Hall–Kier alpha value is -1.49. The first kappa shape index (κ1) is 13.0. The largest absolute Gasteiger partial charge is 0.284 e. The second-order valence-electron chi connectivity index (χ2n) is 4.52. The molecule has 5 heteroatoms. The summed E-state index contributed by atoms with van der Waals surface area (Å²) in [5, 5.41) is 0. The predicted octanol–water partition coefficient (Wildman–Crippen LogP) is 2.23. The summed E-state index contributed by atoms with van der Waals surface area (Å²) < 4.78 is -0.355. The number of carbonyl (C=O) groups is 3. The Labute approximate surface area is 113 Å². The van der Waals surface area contributed by atoms with Crippen LogP contribution in [-0.4, -0.2) is 27.4 Å². The highest BCUT2D eigenvalue weighted by Gasteiger charge is 2.43. The summed E-state index contributed by atoms with van der Waals surface area (Å²) in [6, 6.07) is 5.84. The van der Waals surface area contributed by atoms with Gasteiger partial charge in [-0.15, -0.1) is 0 Å². The van der Waals surface area contributed by atoms with Crippen molar-refractivity contribution in [2.75, 3.05) is 0 Å². The number of imide groups is 1. The minimum atomic E-state index is -0.766. The number of carbonyl (C=O) groups excluding carboxylic acids is 3. The van der Waals surface area contributed by atoms with Gasteiger partial charge >= 0.3 is 0 Å². The van der Waals surface area contributed by atoms with E-state index in [1.165, 1.54) is 0 Å². The standard InChI is InChI=1S/C13H12BrNO3/c1-7(2)10(11(14)16)15-12(17)8-5-3-4-6-9(8)13(15)18/h3-7,10H,1-2H3/t10-/m1/s1. The molecule has 0 fully saturated rings. The fraction of sp³-hybridized carbons (Fsp3) is 0.308. The molecule has 1 aliphatic rings.